The molecule has 2 rings (SSSR count). The van der Waals surface area contributed by atoms with Gasteiger partial charge in [0.15, 0.2) is 0 Å². The number of carbonyl (C=O) groups is 2. The smallest absolute Gasteiger partial charge is 0.310 e. The molecule has 0 spiro atoms. The zero-order valence-electron chi connectivity index (χ0n) is 17.0. The van der Waals surface area contributed by atoms with Crippen LogP contribution in [0.25, 0.3) is 0 Å². The Bertz CT molecular complexity index is 508. The van der Waals surface area contributed by atoms with Gasteiger partial charge in [0.05, 0.1) is 24.0 Å². The molecule has 0 aromatic carbocycles. The zero-order valence-corrected chi connectivity index (χ0v) is 17.0. The molecule has 2 aliphatic carbocycles. The molecular weight excluding hydrogens is 316 g/mol. The van der Waals surface area contributed by atoms with Gasteiger partial charge in [-0.2, -0.15) is 0 Å². The molecule has 142 valence electrons. The first-order chi connectivity index (χ1) is 11.6. The number of fused-ring (bicyclic) bond motifs is 2. The first kappa shape index (κ1) is 20.0. The Morgan fingerprint density at radius 1 is 0.720 bits per heavy atom. The van der Waals surface area contributed by atoms with Gasteiger partial charge >= 0.3 is 11.9 Å². The molecule has 1 fully saturated rings. The molecule has 2 bridgehead atoms. The van der Waals surface area contributed by atoms with Crippen LogP contribution in [-0.4, -0.2) is 24.1 Å². The molecule has 4 heteroatoms. The highest BCUT2D eigenvalue weighted by molar-refractivity contribution is 5.85. The summed E-state index contributed by atoms with van der Waals surface area (Å²) in [6, 6.07) is 0. The fourth-order valence-electron chi connectivity index (χ4n) is 4.90. The lowest BCUT2D eigenvalue weighted by Crippen LogP contribution is -2.40. The first-order valence-corrected chi connectivity index (χ1v) is 9.71. The summed E-state index contributed by atoms with van der Waals surface area (Å²) in [6.07, 6.45) is 0.519. The van der Waals surface area contributed by atoms with Gasteiger partial charge in [-0.15, -0.1) is 0 Å². The molecule has 4 atom stereocenters. The number of allylic oxidation sites excluding steroid dienone is 2. The second-order valence-corrected chi connectivity index (χ2v) is 8.69. The van der Waals surface area contributed by atoms with Crippen LogP contribution in [0, 0.1) is 35.5 Å². The van der Waals surface area contributed by atoms with Gasteiger partial charge in [-0.1, -0.05) is 38.8 Å². The Hall–Kier alpha value is -1.32. The molecule has 0 heterocycles. The Balaban J connectivity index is 2.45. The van der Waals surface area contributed by atoms with Crippen molar-refractivity contribution in [3.63, 3.8) is 0 Å². The van der Waals surface area contributed by atoms with Crippen LogP contribution in [-0.2, 0) is 19.1 Å². The molecule has 25 heavy (non-hydrogen) atoms. The van der Waals surface area contributed by atoms with Crippen molar-refractivity contribution in [1.29, 1.82) is 0 Å². The summed E-state index contributed by atoms with van der Waals surface area (Å²) in [5.41, 5.74) is 2.75. The van der Waals surface area contributed by atoms with E-state index in [1.807, 2.05) is 27.7 Å². The van der Waals surface area contributed by atoms with Crippen molar-refractivity contribution >= 4 is 11.9 Å². The maximum atomic E-state index is 12.8. The van der Waals surface area contributed by atoms with Gasteiger partial charge in [0.1, 0.15) is 0 Å². The maximum Gasteiger partial charge on any atom is 0.310 e. The lowest BCUT2D eigenvalue weighted by molar-refractivity contribution is -0.166. The molecular formula is C21H34O4. The van der Waals surface area contributed by atoms with Crippen molar-refractivity contribution in [2.24, 2.45) is 35.5 Å². The van der Waals surface area contributed by atoms with E-state index in [4.69, 9.17) is 9.47 Å². The molecule has 0 N–H and O–H groups in total. The van der Waals surface area contributed by atoms with Gasteiger partial charge in [-0.05, 0) is 57.8 Å². The zero-order chi connectivity index (χ0) is 19.0. The SMILES string of the molecule is CC(C)OC(=O)C1C2CC(C(C(C)C)=C2C(C)C)C1C(=O)OC(C)C. The summed E-state index contributed by atoms with van der Waals surface area (Å²) < 4.78 is 11.1. The highest BCUT2D eigenvalue weighted by Gasteiger charge is 2.59. The normalized spacial score (nSPS) is 28.6. The van der Waals surface area contributed by atoms with E-state index in [9.17, 15) is 9.59 Å². The number of carbonyl (C=O) groups excluding carboxylic acids is 2. The number of rotatable bonds is 6. The Morgan fingerprint density at radius 3 is 1.28 bits per heavy atom. The van der Waals surface area contributed by atoms with Crippen LogP contribution in [0.1, 0.15) is 61.8 Å². The quantitative estimate of drug-likeness (QED) is 0.527. The van der Waals surface area contributed by atoms with Crippen LogP contribution < -0.4 is 0 Å². The average Bonchev–Trinajstić information content (AvgIpc) is 3.00. The van der Waals surface area contributed by atoms with Gasteiger partial charge in [0.2, 0.25) is 0 Å². The standard InChI is InChI=1S/C21H34O4/c1-10(2)16-14-9-15(17(16)11(3)4)19(21(23)25-13(7)8)18(14)20(22)24-12(5)6/h10-15,18-19H,9H2,1-8H3. The average molecular weight is 350 g/mol. The van der Waals surface area contributed by atoms with Crippen LogP contribution in [0.5, 0.6) is 0 Å². The Morgan fingerprint density at radius 2 is 1.04 bits per heavy atom. The van der Waals surface area contributed by atoms with Crippen molar-refractivity contribution in [3.05, 3.63) is 11.1 Å². The molecule has 0 aliphatic heterocycles. The number of hydrogen-bond acceptors (Lipinski definition) is 4. The molecule has 1 saturated carbocycles. The molecule has 0 aromatic rings. The molecule has 0 amide bonds. The Kier molecular flexibility index (Phi) is 6.01. The van der Waals surface area contributed by atoms with Crippen LogP contribution in [0.3, 0.4) is 0 Å². The minimum Gasteiger partial charge on any atom is -0.463 e. The topological polar surface area (TPSA) is 52.6 Å². The largest absolute Gasteiger partial charge is 0.463 e. The highest BCUT2D eigenvalue weighted by atomic mass is 16.6. The van der Waals surface area contributed by atoms with E-state index in [0.717, 1.165) is 6.42 Å². The summed E-state index contributed by atoms with van der Waals surface area (Å²) in [5.74, 6) is -0.315. The van der Waals surface area contributed by atoms with Crippen LogP contribution in [0.2, 0.25) is 0 Å². The first-order valence-electron chi connectivity index (χ1n) is 9.71. The van der Waals surface area contributed by atoms with Gasteiger partial charge < -0.3 is 9.47 Å². The van der Waals surface area contributed by atoms with E-state index in [1.165, 1.54) is 11.1 Å². The van der Waals surface area contributed by atoms with Gasteiger partial charge in [-0.25, -0.2) is 0 Å². The predicted molar refractivity (Wildman–Crippen MR) is 97.7 cm³/mol. The molecule has 0 radical (unpaired) electrons. The highest BCUT2D eigenvalue weighted by Crippen LogP contribution is 2.59. The fraction of sp³-hybridized carbons (Fsp3) is 0.810. The summed E-state index contributed by atoms with van der Waals surface area (Å²) in [5, 5.41) is 0. The van der Waals surface area contributed by atoms with Crippen LogP contribution >= 0.6 is 0 Å². The minimum atomic E-state index is -0.404. The molecule has 0 aromatic heterocycles. The third-order valence-corrected chi connectivity index (χ3v) is 5.39. The Labute approximate surface area is 152 Å². The van der Waals surface area contributed by atoms with Crippen LogP contribution in [0.4, 0.5) is 0 Å². The summed E-state index contributed by atoms with van der Waals surface area (Å²) in [4.78, 5) is 25.7. The van der Waals surface area contributed by atoms with E-state index in [0.29, 0.717) is 11.8 Å². The van der Waals surface area contributed by atoms with Crippen molar-refractivity contribution in [2.75, 3.05) is 0 Å². The molecule has 2 aliphatic rings. The maximum absolute atomic E-state index is 12.8. The third-order valence-electron chi connectivity index (χ3n) is 5.39. The second kappa shape index (κ2) is 7.51. The number of esters is 2. The fourth-order valence-corrected chi connectivity index (χ4v) is 4.90. The summed E-state index contributed by atoms with van der Waals surface area (Å²) >= 11 is 0. The van der Waals surface area contributed by atoms with E-state index in [1.54, 1.807) is 0 Å². The lowest BCUT2D eigenvalue weighted by atomic mass is 9.70. The molecule has 4 nitrogen and oxygen atoms in total. The summed E-state index contributed by atoms with van der Waals surface area (Å²) in [6.45, 7) is 16.2. The van der Waals surface area contributed by atoms with Gasteiger partial charge in [0.25, 0.3) is 0 Å². The predicted octanol–water partition coefficient (Wildman–Crippen LogP) is 4.38. The van der Waals surface area contributed by atoms with Crippen LogP contribution in [0.15, 0.2) is 11.1 Å². The van der Waals surface area contributed by atoms with E-state index < -0.39 is 11.8 Å². The lowest BCUT2D eigenvalue weighted by Gasteiger charge is -2.35. The van der Waals surface area contributed by atoms with Crippen molar-refractivity contribution in [2.45, 2.75) is 74.0 Å². The summed E-state index contributed by atoms with van der Waals surface area (Å²) in [7, 11) is 0. The molecule has 0 saturated heterocycles. The minimum absolute atomic E-state index is 0.110. The van der Waals surface area contributed by atoms with Crippen molar-refractivity contribution in [1.82, 2.24) is 0 Å². The van der Waals surface area contributed by atoms with E-state index in [2.05, 4.69) is 27.7 Å². The van der Waals surface area contributed by atoms with Gasteiger partial charge in [0, 0.05) is 0 Å². The number of hydrogen-bond donors (Lipinski definition) is 0. The van der Waals surface area contributed by atoms with Gasteiger partial charge in [-0.3, -0.25) is 9.59 Å². The van der Waals surface area contributed by atoms with E-state index in [-0.39, 0.29) is 36.0 Å². The molecule has 4 unspecified atom stereocenters. The number of ether oxygens (including phenoxy) is 2. The van der Waals surface area contributed by atoms with Crippen molar-refractivity contribution in [3.8, 4) is 0 Å². The monoisotopic (exact) mass is 350 g/mol. The van der Waals surface area contributed by atoms with Crippen molar-refractivity contribution < 1.29 is 19.1 Å². The van der Waals surface area contributed by atoms with E-state index >= 15 is 0 Å². The third kappa shape index (κ3) is 3.78. The second-order valence-electron chi connectivity index (χ2n) is 8.69.